The molecular formula is C13H15NO3. The van der Waals surface area contributed by atoms with Gasteiger partial charge in [0.15, 0.2) is 0 Å². The third-order valence-corrected chi connectivity index (χ3v) is 3.08. The number of aliphatic carboxylic acids is 1. The number of carbonyl (C=O) groups is 2. The zero-order valence-electron chi connectivity index (χ0n) is 9.50. The molecule has 0 radical (unpaired) electrons. The lowest BCUT2D eigenvalue weighted by Gasteiger charge is -2.15. The molecule has 1 N–H and O–H groups in total. The molecule has 1 fully saturated rings. The number of nitrogens with zero attached hydrogens (tertiary/aromatic N) is 1. The summed E-state index contributed by atoms with van der Waals surface area (Å²) in [7, 11) is 0. The molecule has 0 saturated carbocycles. The Balaban J connectivity index is 1.88. The van der Waals surface area contributed by atoms with Crippen molar-refractivity contribution >= 4 is 11.9 Å². The van der Waals surface area contributed by atoms with Crippen molar-refractivity contribution < 1.29 is 14.7 Å². The van der Waals surface area contributed by atoms with Crippen LogP contribution in [0.2, 0.25) is 0 Å². The van der Waals surface area contributed by atoms with Crippen LogP contribution in [0, 0.1) is 5.92 Å². The Kier molecular flexibility index (Phi) is 3.42. The highest BCUT2D eigenvalue weighted by molar-refractivity contribution is 5.86. The Morgan fingerprint density at radius 1 is 1.35 bits per heavy atom. The normalized spacial score (nSPS) is 19.6. The fourth-order valence-corrected chi connectivity index (χ4v) is 2.06. The summed E-state index contributed by atoms with van der Waals surface area (Å²) in [6.45, 7) is 0.952. The highest BCUT2D eigenvalue weighted by Crippen LogP contribution is 2.18. The minimum absolute atomic E-state index is 0.0478. The van der Waals surface area contributed by atoms with Gasteiger partial charge in [0.2, 0.25) is 5.91 Å². The van der Waals surface area contributed by atoms with Gasteiger partial charge in [-0.05, 0) is 12.0 Å². The van der Waals surface area contributed by atoms with Crippen LogP contribution >= 0.6 is 0 Å². The van der Waals surface area contributed by atoms with E-state index in [0.29, 0.717) is 13.1 Å². The number of carboxylic acids is 1. The van der Waals surface area contributed by atoms with Crippen LogP contribution in [0.1, 0.15) is 12.0 Å². The second-order valence-electron chi connectivity index (χ2n) is 4.31. The fraction of sp³-hybridized carbons (Fsp3) is 0.385. The first-order valence-corrected chi connectivity index (χ1v) is 5.71. The van der Waals surface area contributed by atoms with Crippen LogP contribution in [0.15, 0.2) is 30.3 Å². The van der Waals surface area contributed by atoms with Crippen LogP contribution in [-0.2, 0) is 16.0 Å². The molecule has 17 heavy (non-hydrogen) atoms. The van der Waals surface area contributed by atoms with Crippen molar-refractivity contribution in [2.75, 3.05) is 13.1 Å². The average Bonchev–Trinajstić information content (AvgIpc) is 2.70. The first-order valence-electron chi connectivity index (χ1n) is 5.71. The Morgan fingerprint density at radius 3 is 2.65 bits per heavy atom. The molecular weight excluding hydrogens is 218 g/mol. The highest BCUT2D eigenvalue weighted by Gasteiger charge is 2.33. The maximum absolute atomic E-state index is 11.6. The molecule has 0 unspecified atom stereocenters. The van der Waals surface area contributed by atoms with E-state index in [1.807, 2.05) is 30.3 Å². The number of rotatable bonds is 4. The van der Waals surface area contributed by atoms with E-state index in [2.05, 4.69) is 0 Å². The number of benzene rings is 1. The predicted octanol–water partition coefficient (Wildman–Crippen LogP) is 1.16. The van der Waals surface area contributed by atoms with E-state index in [4.69, 9.17) is 5.11 Å². The van der Waals surface area contributed by atoms with Gasteiger partial charge in [0.05, 0.1) is 5.92 Å². The van der Waals surface area contributed by atoms with E-state index in [-0.39, 0.29) is 12.3 Å². The molecule has 0 aliphatic carbocycles. The van der Waals surface area contributed by atoms with Gasteiger partial charge in [-0.25, -0.2) is 0 Å². The Hall–Kier alpha value is -1.84. The summed E-state index contributed by atoms with van der Waals surface area (Å²) in [5, 5.41) is 8.86. The molecule has 1 aromatic carbocycles. The van der Waals surface area contributed by atoms with E-state index in [0.717, 1.165) is 6.42 Å². The van der Waals surface area contributed by atoms with Crippen molar-refractivity contribution in [3.05, 3.63) is 35.9 Å². The first kappa shape index (κ1) is 11.6. The number of amides is 1. The minimum atomic E-state index is -0.874. The van der Waals surface area contributed by atoms with Gasteiger partial charge in [0.25, 0.3) is 0 Å². The summed E-state index contributed by atoms with van der Waals surface area (Å²) < 4.78 is 0. The SMILES string of the molecule is O=C(O)[C@@H]1CC(=O)N(CCc2ccccc2)C1. The van der Waals surface area contributed by atoms with Gasteiger partial charge in [0, 0.05) is 19.5 Å². The number of hydrogen-bond donors (Lipinski definition) is 1. The summed E-state index contributed by atoms with van der Waals surface area (Å²) in [5.74, 6) is -1.45. The molecule has 0 aromatic heterocycles. The molecule has 1 atom stereocenters. The molecule has 1 amide bonds. The van der Waals surface area contributed by atoms with Crippen molar-refractivity contribution in [1.29, 1.82) is 0 Å². The van der Waals surface area contributed by atoms with E-state index in [9.17, 15) is 9.59 Å². The molecule has 1 saturated heterocycles. The van der Waals surface area contributed by atoms with Gasteiger partial charge in [-0.3, -0.25) is 9.59 Å². The number of carbonyl (C=O) groups excluding carboxylic acids is 1. The van der Waals surface area contributed by atoms with Crippen molar-refractivity contribution in [2.45, 2.75) is 12.8 Å². The van der Waals surface area contributed by atoms with Crippen LogP contribution in [0.3, 0.4) is 0 Å². The fourth-order valence-electron chi connectivity index (χ4n) is 2.06. The molecule has 1 aliphatic heterocycles. The summed E-state index contributed by atoms with van der Waals surface area (Å²) in [5.41, 5.74) is 1.17. The third-order valence-electron chi connectivity index (χ3n) is 3.08. The molecule has 1 aromatic rings. The van der Waals surface area contributed by atoms with Gasteiger partial charge < -0.3 is 10.0 Å². The van der Waals surface area contributed by atoms with E-state index < -0.39 is 11.9 Å². The average molecular weight is 233 g/mol. The second-order valence-corrected chi connectivity index (χ2v) is 4.31. The minimum Gasteiger partial charge on any atom is -0.481 e. The quantitative estimate of drug-likeness (QED) is 0.849. The maximum Gasteiger partial charge on any atom is 0.308 e. The zero-order chi connectivity index (χ0) is 12.3. The summed E-state index contributed by atoms with van der Waals surface area (Å²) in [6, 6.07) is 9.89. The summed E-state index contributed by atoms with van der Waals surface area (Å²) in [4.78, 5) is 24.0. The smallest absolute Gasteiger partial charge is 0.308 e. The summed E-state index contributed by atoms with van der Waals surface area (Å²) >= 11 is 0. The van der Waals surface area contributed by atoms with Gasteiger partial charge in [-0.2, -0.15) is 0 Å². The van der Waals surface area contributed by atoms with Gasteiger partial charge in [-0.15, -0.1) is 0 Å². The molecule has 90 valence electrons. The standard InChI is InChI=1S/C13H15NO3/c15-12-8-11(13(16)17)9-14(12)7-6-10-4-2-1-3-5-10/h1-5,11H,6-9H2,(H,16,17)/t11-/m1/s1. The molecule has 0 spiro atoms. The molecule has 0 bridgehead atoms. The Morgan fingerprint density at radius 2 is 2.06 bits per heavy atom. The zero-order valence-corrected chi connectivity index (χ0v) is 9.50. The van der Waals surface area contributed by atoms with Crippen molar-refractivity contribution in [2.24, 2.45) is 5.92 Å². The van der Waals surface area contributed by atoms with Gasteiger partial charge >= 0.3 is 5.97 Å². The van der Waals surface area contributed by atoms with Gasteiger partial charge in [-0.1, -0.05) is 30.3 Å². The maximum atomic E-state index is 11.6. The van der Waals surface area contributed by atoms with Gasteiger partial charge in [0.1, 0.15) is 0 Å². The number of likely N-dealkylation sites (tertiary alicyclic amines) is 1. The lowest BCUT2D eigenvalue weighted by atomic mass is 10.1. The van der Waals surface area contributed by atoms with Crippen LogP contribution < -0.4 is 0 Å². The second kappa shape index (κ2) is 4.99. The van der Waals surface area contributed by atoms with E-state index >= 15 is 0 Å². The number of hydrogen-bond acceptors (Lipinski definition) is 2. The van der Waals surface area contributed by atoms with E-state index in [1.165, 1.54) is 5.56 Å². The summed E-state index contributed by atoms with van der Waals surface area (Å²) in [6.07, 6.45) is 0.920. The largest absolute Gasteiger partial charge is 0.481 e. The predicted molar refractivity (Wildman–Crippen MR) is 62.5 cm³/mol. The van der Waals surface area contributed by atoms with Crippen LogP contribution in [0.5, 0.6) is 0 Å². The topological polar surface area (TPSA) is 57.6 Å². The van der Waals surface area contributed by atoms with Crippen molar-refractivity contribution in [3.8, 4) is 0 Å². The molecule has 1 aliphatic rings. The van der Waals surface area contributed by atoms with E-state index in [1.54, 1.807) is 4.90 Å². The molecule has 4 nitrogen and oxygen atoms in total. The third kappa shape index (κ3) is 2.84. The van der Waals surface area contributed by atoms with Crippen molar-refractivity contribution in [1.82, 2.24) is 4.90 Å². The lowest BCUT2D eigenvalue weighted by Crippen LogP contribution is -2.28. The van der Waals surface area contributed by atoms with Crippen LogP contribution in [-0.4, -0.2) is 35.0 Å². The highest BCUT2D eigenvalue weighted by atomic mass is 16.4. The Labute approximate surface area is 99.9 Å². The monoisotopic (exact) mass is 233 g/mol. The molecule has 1 heterocycles. The molecule has 4 heteroatoms. The van der Waals surface area contributed by atoms with Crippen LogP contribution in [0.4, 0.5) is 0 Å². The first-order chi connectivity index (χ1) is 8.16. The molecule has 2 rings (SSSR count). The number of carboxylic acid groups (broad SMARTS) is 1. The van der Waals surface area contributed by atoms with Crippen molar-refractivity contribution in [3.63, 3.8) is 0 Å². The lowest BCUT2D eigenvalue weighted by molar-refractivity contribution is -0.141. The Bertz CT molecular complexity index is 416. The van der Waals surface area contributed by atoms with Crippen LogP contribution in [0.25, 0.3) is 0 Å².